The average Bonchev–Trinajstić information content (AvgIpc) is 3.31. The van der Waals surface area contributed by atoms with Crippen LogP contribution in [0.5, 0.6) is 17.2 Å². The number of nitrogens with zero attached hydrogens (tertiary/aromatic N) is 2. The van der Waals surface area contributed by atoms with E-state index in [1.165, 1.54) is 23.5 Å². The Morgan fingerprint density at radius 3 is 2.14 bits per heavy atom. The summed E-state index contributed by atoms with van der Waals surface area (Å²) in [6.07, 6.45) is 0.342. The minimum atomic E-state index is -3.97. The lowest BCUT2D eigenvalue weighted by atomic mass is 10.1. The van der Waals surface area contributed by atoms with Crippen molar-refractivity contribution in [2.45, 2.75) is 23.4 Å². The van der Waals surface area contributed by atoms with Crippen LogP contribution in [0.3, 0.4) is 0 Å². The van der Waals surface area contributed by atoms with E-state index in [9.17, 15) is 18.0 Å². The highest BCUT2D eigenvalue weighted by atomic mass is 32.2. The number of para-hydroxylation sites is 1. The first kappa shape index (κ1) is 22.9. The number of imide groups is 1. The minimum absolute atomic E-state index is 0.0533. The van der Waals surface area contributed by atoms with Crippen molar-refractivity contribution in [1.29, 1.82) is 0 Å². The van der Waals surface area contributed by atoms with Crippen LogP contribution < -0.4 is 19.7 Å². The molecular weight excluding hydrogens is 470 g/mol. The Morgan fingerprint density at radius 1 is 0.857 bits per heavy atom. The summed E-state index contributed by atoms with van der Waals surface area (Å²) in [6.45, 7) is 0.118. The van der Waals surface area contributed by atoms with E-state index in [1.54, 1.807) is 36.4 Å². The molecule has 9 nitrogen and oxygen atoms in total. The Hall–Kier alpha value is -3.89. The zero-order valence-electron chi connectivity index (χ0n) is 18.8. The van der Waals surface area contributed by atoms with Gasteiger partial charge in [-0.2, -0.15) is 4.31 Å². The number of urea groups is 1. The van der Waals surface area contributed by atoms with E-state index in [0.29, 0.717) is 29.4 Å². The fraction of sp³-hybridized carbons (Fsp3) is 0.200. The van der Waals surface area contributed by atoms with Gasteiger partial charge in [-0.25, -0.2) is 18.1 Å². The van der Waals surface area contributed by atoms with Crippen LogP contribution >= 0.6 is 0 Å². The number of hydrogen-bond acceptors (Lipinski definition) is 6. The molecule has 2 fully saturated rings. The van der Waals surface area contributed by atoms with Crippen LogP contribution in [-0.2, 0) is 14.8 Å². The lowest BCUT2D eigenvalue weighted by Gasteiger charge is -2.36. The second-order valence-electron chi connectivity index (χ2n) is 8.16. The Morgan fingerprint density at radius 2 is 1.49 bits per heavy atom. The molecule has 1 N–H and O–H groups in total. The highest BCUT2D eigenvalue weighted by Gasteiger charge is 2.52. The fourth-order valence-corrected chi connectivity index (χ4v) is 5.98. The van der Waals surface area contributed by atoms with Gasteiger partial charge in [-0.3, -0.25) is 4.79 Å². The lowest BCUT2D eigenvalue weighted by Crippen LogP contribution is -2.64. The number of fused-ring (bicyclic) bond motifs is 1. The predicted octanol–water partition coefficient (Wildman–Crippen LogP) is 3.38. The fourth-order valence-electron chi connectivity index (χ4n) is 4.35. The van der Waals surface area contributed by atoms with E-state index in [-0.39, 0.29) is 11.4 Å². The normalized spacial score (nSPS) is 20.3. The Bertz CT molecular complexity index is 1340. The number of carbonyl (C=O) groups excluding carboxylic acids is 2. The Labute approximate surface area is 202 Å². The van der Waals surface area contributed by atoms with Crippen molar-refractivity contribution in [3.63, 3.8) is 0 Å². The molecule has 180 valence electrons. The summed E-state index contributed by atoms with van der Waals surface area (Å²) in [5, 5.41) is 2.79. The van der Waals surface area contributed by atoms with Crippen molar-refractivity contribution in [1.82, 2.24) is 9.62 Å². The number of ether oxygens (including phenoxy) is 2. The van der Waals surface area contributed by atoms with Crippen LogP contribution in [0.2, 0.25) is 0 Å². The van der Waals surface area contributed by atoms with Crippen LogP contribution in [0.4, 0.5) is 10.5 Å². The van der Waals surface area contributed by atoms with Gasteiger partial charge in [0.2, 0.25) is 10.0 Å². The van der Waals surface area contributed by atoms with Crippen molar-refractivity contribution < 1.29 is 27.5 Å². The van der Waals surface area contributed by atoms with Gasteiger partial charge in [0, 0.05) is 6.54 Å². The summed E-state index contributed by atoms with van der Waals surface area (Å²) >= 11 is 0. The summed E-state index contributed by atoms with van der Waals surface area (Å²) < 4.78 is 38.8. The summed E-state index contributed by atoms with van der Waals surface area (Å²) in [4.78, 5) is 27.3. The SMILES string of the molecule is COc1ccc(S(=O)(=O)N2CCC3NC(=O)N(c4ccc(Oc5ccccc5)cc4)C(=O)C32)cc1. The lowest BCUT2D eigenvalue weighted by molar-refractivity contribution is -0.122. The van der Waals surface area contributed by atoms with Gasteiger partial charge in [-0.1, -0.05) is 18.2 Å². The first-order chi connectivity index (χ1) is 16.9. The molecule has 2 aliphatic heterocycles. The van der Waals surface area contributed by atoms with Crippen LogP contribution in [-0.4, -0.2) is 50.4 Å². The van der Waals surface area contributed by atoms with Gasteiger partial charge in [0.1, 0.15) is 23.3 Å². The molecule has 2 heterocycles. The number of anilines is 1. The van der Waals surface area contributed by atoms with Gasteiger partial charge in [-0.05, 0) is 67.1 Å². The van der Waals surface area contributed by atoms with E-state index in [0.717, 1.165) is 4.90 Å². The second-order valence-corrected chi connectivity index (χ2v) is 10.1. The van der Waals surface area contributed by atoms with Gasteiger partial charge >= 0.3 is 6.03 Å². The molecule has 3 amide bonds. The number of hydrogen-bond donors (Lipinski definition) is 1. The van der Waals surface area contributed by atoms with Crippen molar-refractivity contribution >= 4 is 27.6 Å². The second kappa shape index (κ2) is 9.05. The molecule has 0 spiro atoms. The molecule has 3 aromatic carbocycles. The molecule has 3 aromatic rings. The van der Waals surface area contributed by atoms with Crippen molar-refractivity contribution in [2.75, 3.05) is 18.6 Å². The zero-order chi connectivity index (χ0) is 24.6. The maximum atomic E-state index is 13.5. The topological polar surface area (TPSA) is 105 Å². The molecule has 0 radical (unpaired) electrons. The number of sulfonamides is 1. The third kappa shape index (κ3) is 4.22. The maximum absolute atomic E-state index is 13.5. The van der Waals surface area contributed by atoms with E-state index in [1.807, 2.05) is 30.3 Å². The molecule has 0 bridgehead atoms. The summed E-state index contributed by atoms with van der Waals surface area (Å²) in [6, 6.07) is 19.4. The quantitative estimate of drug-likeness (QED) is 0.565. The number of carbonyl (C=O) groups is 2. The van der Waals surface area contributed by atoms with E-state index >= 15 is 0 Å². The third-order valence-corrected chi connectivity index (χ3v) is 7.97. The number of methoxy groups -OCH3 is 1. The predicted molar refractivity (Wildman–Crippen MR) is 128 cm³/mol. The molecule has 0 aromatic heterocycles. The largest absolute Gasteiger partial charge is 0.497 e. The van der Waals surface area contributed by atoms with Crippen LogP contribution in [0.1, 0.15) is 6.42 Å². The van der Waals surface area contributed by atoms with Gasteiger partial charge in [0.25, 0.3) is 5.91 Å². The number of nitrogens with one attached hydrogen (secondary N) is 1. The molecule has 2 aliphatic rings. The van der Waals surface area contributed by atoms with Crippen molar-refractivity contribution in [3.8, 4) is 17.2 Å². The number of amides is 3. The average molecular weight is 494 g/mol. The molecule has 10 heteroatoms. The molecule has 5 rings (SSSR count). The van der Waals surface area contributed by atoms with Crippen LogP contribution in [0.25, 0.3) is 0 Å². The molecule has 0 saturated carbocycles. The minimum Gasteiger partial charge on any atom is -0.497 e. The summed E-state index contributed by atoms with van der Waals surface area (Å²) in [5.74, 6) is 1.12. The molecule has 35 heavy (non-hydrogen) atoms. The molecule has 0 aliphatic carbocycles. The number of rotatable bonds is 6. The maximum Gasteiger partial charge on any atom is 0.329 e. The Balaban J connectivity index is 1.39. The van der Waals surface area contributed by atoms with Crippen molar-refractivity contribution in [3.05, 3.63) is 78.9 Å². The smallest absolute Gasteiger partial charge is 0.329 e. The molecular formula is C25H23N3O6S. The third-order valence-electron chi connectivity index (χ3n) is 6.08. The van der Waals surface area contributed by atoms with Crippen LogP contribution in [0, 0.1) is 0 Å². The van der Waals surface area contributed by atoms with E-state index in [2.05, 4.69) is 5.32 Å². The standard InChI is InChI=1S/C25H23N3O6S/c1-33-18-11-13-21(14-12-18)35(31,32)27-16-15-22-23(27)24(29)28(25(30)26-22)17-7-9-20(10-8-17)34-19-5-3-2-4-6-19/h2-14,22-23H,15-16H2,1H3,(H,26,30). The van der Waals surface area contributed by atoms with E-state index < -0.39 is 34.0 Å². The number of benzene rings is 3. The van der Waals surface area contributed by atoms with Gasteiger partial charge in [0.05, 0.1) is 23.7 Å². The van der Waals surface area contributed by atoms with Gasteiger partial charge < -0.3 is 14.8 Å². The van der Waals surface area contributed by atoms with E-state index in [4.69, 9.17) is 9.47 Å². The highest BCUT2D eigenvalue weighted by Crippen LogP contribution is 2.33. The zero-order valence-corrected chi connectivity index (χ0v) is 19.6. The van der Waals surface area contributed by atoms with Gasteiger partial charge in [-0.15, -0.1) is 0 Å². The first-order valence-electron chi connectivity index (χ1n) is 11.0. The van der Waals surface area contributed by atoms with Crippen molar-refractivity contribution in [2.24, 2.45) is 0 Å². The molecule has 2 saturated heterocycles. The molecule has 2 atom stereocenters. The summed E-state index contributed by atoms with van der Waals surface area (Å²) in [5.41, 5.74) is 0.319. The van der Waals surface area contributed by atoms with Crippen LogP contribution in [0.15, 0.2) is 83.8 Å². The molecule has 2 unspecified atom stereocenters. The highest BCUT2D eigenvalue weighted by molar-refractivity contribution is 7.89. The first-order valence-corrected chi connectivity index (χ1v) is 12.5. The Kier molecular flexibility index (Phi) is 5.91. The van der Waals surface area contributed by atoms with Gasteiger partial charge in [0.15, 0.2) is 0 Å². The summed E-state index contributed by atoms with van der Waals surface area (Å²) in [7, 11) is -2.48. The monoisotopic (exact) mass is 493 g/mol.